The SMILES string of the molecule is CCCCCCCCc1cc(C)ccc1SP(O)(=S)OC1CCCCC1. The summed E-state index contributed by atoms with van der Waals surface area (Å²) in [5, 5.41) is 0. The van der Waals surface area contributed by atoms with Crippen LogP contribution in [-0.2, 0) is 22.8 Å². The van der Waals surface area contributed by atoms with Crippen LogP contribution in [0.4, 0.5) is 0 Å². The summed E-state index contributed by atoms with van der Waals surface area (Å²) in [5.74, 6) is 0. The van der Waals surface area contributed by atoms with Crippen molar-refractivity contribution in [3.63, 3.8) is 0 Å². The molecule has 0 saturated heterocycles. The molecular formula is C21H35O2PS2. The first-order valence-electron chi connectivity index (χ1n) is 10.3. The first-order valence-corrected chi connectivity index (χ1v) is 14.4. The van der Waals surface area contributed by atoms with Gasteiger partial charge in [-0.05, 0) is 67.4 Å². The van der Waals surface area contributed by atoms with Gasteiger partial charge in [0.15, 0.2) is 0 Å². The van der Waals surface area contributed by atoms with Gasteiger partial charge in [-0.15, -0.1) is 0 Å². The third-order valence-electron chi connectivity index (χ3n) is 5.06. The Bertz CT molecular complexity index is 585. The summed E-state index contributed by atoms with van der Waals surface area (Å²) < 4.78 is 5.98. The Morgan fingerprint density at radius 3 is 2.54 bits per heavy atom. The molecule has 26 heavy (non-hydrogen) atoms. The number of hydrogen-bond acceptors (Lipinski definition) is 3. The zero-order valence-corrected chi connectivity index (χ0v) is 18.9. The van der Waals surface area contributed by atoms with E-state index in [-0.39, 0.29) is 6.10 Å². The largest absolute Gasteiger partial charge is 0.337 e. The van der Waals surface area contributed by atoms with E-state index < -0.39 is 5.69 Å². The lowest BCUT2D eigenvalue weighted by Gasteiger charge is -2.26. The number of aryl methyl sites for hydroxylation is 2. The smallest absolute Gasteiger partial charge is 0.249 e. The molecule has 1 N–H and O–H groups in total. The van der Waals surface area contributed by atoms with Gasteiger partial charge in [-0.2, -0.15) is 0 Å². The van der Waals surface area contributed by atoms with Gasteiger partial charge in [-0.3, -0.25) is 0 Å². The molecule has 1 unspecified atom stereocenters. The molecular weight excluding hydrogens is 379 g/mol. The van der Waals surface area contributed by atoms with Crippen molar-refractivity contribution in [2.24, 2.45) is 0 Å². The molecule has 0 heterocycles. The standard InChI is InChI=1S/C21H35O2PS2/c1-3-4-5-6-7-9-12-19-17-18(2)15-16-21(19)26-24(22,25)23-20-13-10-8-11-14-20/h15-17,20H,3-14H2,1-2H3,(H,22,25). The highest BCUT2D eigenvalue weighted by atomic mass is 32.9. The first kappa shape index (κ1) is 22.4. The molecule has 2 rings (SSSR count). The van der Waals surface area contributed by atoms with Gasteiger partial charge in [0.25, 0.3) is 0 Å². The summed E-state index contributed by atoms with van der Waals surface area (Å²) >= 11 is 6.90. The van der Waals surface area contributed by atoms with Crippen LogP contribution in [0.15, 0.2) is 23.1 Å². The third kappa shape index (κ3) is 8.44. The van der Waals surface area contributed by atoms with Crippen molar-refractivity contribution < 1.29 is 9.42 Å². The molecule has 1 aromatic rings. The van der Waals surface area contributed by atoms with Gasteiger partial charge in [0.1, 0.15) is 0 Å². The Morgan fingerprint density at radius 2 is 1.81 bits per heavy atom. The van der Waals surface area contributed by atoms with Crippen molar-refractivity contribution in [2.75, 3.05) is 0 Å². The molecule has 1 saturated carbocycles. The Labute approximate surface area is 169 Å². The van der Waals surface area contributed by atoms with Gasteiger partial charge >= 0.3 is 0 Å². The molecule has 0 aliphatic heterocycles. The second-order valence-electron chi connectivity index (χ2n) is 7.55. The minimum atomic E-state index is -2.83. The fourth-order valence-corrected chi connectivity index (χ4v) is 7.74. The van der Waals surface area contributed by atoms with Crippen LogP contribution in [0.25, 0.3) is 0 Å². The molecule has 1 aromatic carbocycles. The molecule has 1 atom stereocenters. The van der Waals surface area contributed by atoms with Crippen LogP contribution in [0.3, 0.4) is 0 Å². The van der Waals surface area contributed by atoms with E-state index in [0.717, 1.165) is 24.2 Å². The van der Waals surface area contributed by atoms with E-state index in [4.69, 9.17) is 16.3 Å². The summed E-state index contributed by atoms with van der Waals surface area (Å²) in [7, 11) is 0. The zero-order chi connectivity index (χ0) is 18.8. The van der Waals surface area contributed by atoms with Crippen LogP contribution in [0.5, 0.6) is 0 Å². The second-order valence-corrected chi connectivity index (χ2v) is 13.5. The van der Waals surface area contributed by atoms with E-state index in [1.165, 1.54) is 80.3 Å². The molecule has 1 fully saturated rings. The Hall–Kier alpha value is 0.140. The van der Waals surface area contributed by atoms with Crippen LogP contribution in [0.2, 0.25) is 0 Å². The first-order chi connectivity index (χ1) is 12.5. The predicted molar refractivity (Wildman–Crippen MR) is 119 cm³/mol. The third-order valence-corrected chi connectivity index (χ3v) is 8.92. The summed E-state index contributed by atoms with van der Waals surface area (Å²) in [5.41, 5.74) is -0.236. The normalized spacial score (nSPS) is 18.0. The molecule has 2 nitrogen and oxygen atoms in total. The highest BCUT2D eigenvalue weighted by molar-refractivity contribution is 8.67. The highest BCUT2D eigenvalue weighted by Gasteiger charge is 2.24. The van der Waals surface area contributed by atoms with E-state index in [1.54, 1.807) is 0 Å². The zero-order valence-electron chi connectivity index (χ0n) is 16.4. The van der Waals surface area contributed by atoms with Gasteiger partial charge in [-0.1, -0.05) is 76.0 Å². The van der Waals surface area contributed by atoms with Crippen molar-refractivity contribution in [3.8, 4) is 0 Å². The van der Waals surface area contributed by atoms with Gasteiger partial charge < -0.3 is 9.42 Å². The van der Waals surface area contributed by atoms with Crippen LogP contribution in [0, 0.1) is 6.92 Å². The van der Waals surface area contributed by atoms with Gasteiger partial charge in [-0.25, -0.2) is 0 Å². The number of unbranched alkanes of at least 4 members (excludes halogenated alkanes) is 5. The lowest BCUT2D eigenvalue weighted by Crippen LogP contribution is -2.14. The monoisotopic (exact) mass is 414 g/mol. The fraction of sp³-hybridized carbons (Fsp3) is 0.714. The van der Waals surface area contributed by atoms with Crippen molar-refractivity contribution in [1.29, 1.82) is 0 Å². The van der Waals surface area contributed by atoms with Crippen molar-refractivity contribution in [3.05, 3.63) is 29.3 Å². The summed E-state index contributed by atoms with van der Waals surface area (Å²) in [6.45, 7) is 4.39. The maximum Gasteiger partial charge on any atom is 0.249 e. The molecule has 0 aromatic heterocycles. The number of benzene rings is 1. The molecule has 0 amide bonds. The van der Waals surface area contributed by atoms with E-state index in [0.29, 0.717) is 0 Å². The van der Waals surface area contributed by atoms with Gasteiger partial charge in [0.05, 0.1) is 6.10 Å². The van der Waals surface area contributed by atoms with E-state index >= 15 is 0 Å². The Morgan fingerprint density at radius 1 is 1.12 bits per heavy atom. The minimum absolute atomic E-state index is 0.152. The van der Waals surface area contributed by atoms with E-state index in [2.05, 4.69) is 32.0 Å². The predicted octanol–water partition coefficient (Wildman–Crippen LogP) is 7.56. The number of hydrogen-bond donors (Lipinski definition) is 1. The molecule has 5 heteroatoms. The summed E-state index contributed by atoms with van der Waals surface area (Å²) in [6.07, 6.45) is 14.8. The molecule has 1 aliphatic carbocycles. The maximum absolute atomic E-state index is 10.7. The highest BCUT2D eigenvalue weighted by Crippen LogP contribution is 2.61. The lowest BCUT2D eigenvalue weighted by molar-refractivity contribution is 0.161. The van der Waals surface area contributed by atoms with E-state index in [9.17, 15) is 4.89 Å². The van der Waals surface area contributed by atoms with Crippen molar-refractivity contribution in [1.82, 2.24) is 0 Å². The molecule has 0 spiro atoms. The Kier molecular flexibility index (Phi) is 10.2. The number of rotatable bonds is 11. The van der Waals surface area contributed by atoms with Crippen LogP contribution in [-0.4, -0.2) is 11.0 Å². The second kappa shape index (κ2) is 11.9. The van der Waals surface area contributed by atoms with Crippen molar-refractivity contribution >= 4 is 28.9 Å². The van der Waals surface area contributed by atoms with Crippen LogP contribution < -0.4 is 0 Å². The van der Waals surface area contributed by atoms with Crippen molar-refractivity contribution in [2.45, 2.75) is 102 Å². The van der Waals surface area contributed by atoms with Crippen LogP contribution in [0.1, 0.15) is 88.7 Å². The Balaban J connectivity index is 1.91. The quantitative estimate of drug-likeness (QED) is 0.299. The molecule has 0 radical (unpaired) electrons. The lowest BCUT2D eigenvalue weighted by atomic mass is 9.98. The average molecular weight is 415 g/mol. The van der Waals surface area contributed by atoms with E-state index in [1.807, 2.05) is 0 Å². The summed E-state index contributed by atoms with van der Waals surface area (Å²) in [4.78, 5) is 11.9. The molecule has 1 aliphatic rings. The fourth-order valence-electron chi connectivity index (χ4n) is 3.59. The summed E-state index contributed by atoms with van der Waals surface area (Å²) in [6, 6.07) is 6.49. The molecule has 148 valence electrons. The molecule has 0 bridgehead atoms. The maximum atomic E-state index is 10.7. The van der Waals surface area contributed by atoms with Gasteiger partial charge in [0, 0.05) is 4.90 Å². The van der Waals surface area contributed by atoms with Gasteiger partial charge in [0.2, 0.25) is 5.69 Å². The average Bonchev–Trinajstić information content (AvgIpc) is 2.60. The minimum Gasteiger partial charge on any atom is -0.337 e. The topological polar surface area (TPSA) is 29.5 Å². The van der Waals surface area contributed by atoms with Crippen LogP contribution >= 0.6 is 17.1 Å².